The van der Waals surface area contributed by atoms with Gasteiger partial charge in [-0.3, -0.25) is 4.79 Å². The molecule has 2 rings (SSSR count). The van der Waals surface area contributed by atoms with E-state index in [0.717, 1.165) is 0 Å². The molecular formula is C13H13N3O2. The molecule has 0 saturated carbocycles. The number of benzene rings is 1. The minimum absolute atomic E-state index is 0.244. The summed E-state index contributed by atoms with van der Waals surface area (Å²) in [5, 5.41) is 2.68. The molecule has 2 aromatic rings. The van der Waals surface area contributed by atoms with E-state index in [4.69, 9.17) is 10.5 Å². The number of nitrogens with one attached hydrogen (secondary N) is 1. The fourth-order valence-corrected chi connectivity index (χ4v) is 1.43. The molecule has 92 valence electrons. The van der Waals surface area contributed by atoms with Crippen molar-refractivity contribution in [2.75, 3.05) is 18.2 Å². The minimum atomic E-state index is -0.244. The number of nitrogen functional groups attached to an aromatic ring is 1. The number of carbonyl (C=O) groups is 1. The molecule has 3 N–H and O–H groups in total. The van der Waals surface area contributed by atoms with Crippen LogP contribution in [0.25, 0.3) is 0 Å². The fraction of sp³-hybridized carbons (Fsp3) is 0.0769. The Bertz CT molecular complexity index is 552. The van der Waals surface area contributed by atoms with Gasteiger partial charge in [0, 0.05) is 5.56 Å². The monoisotopic (exact) mass is 243 g/mol. The highest BCUT2D eigenvalue weighted by Crippen LogP contribution is 2.14. The standard InChI is InChI=1S/C13H13N3O2/c1-18-11-4-2-3-9(7-11)13(17)16-12-6-5-10(14)8-15-12/h2-8H,14H2,1H3,(H,15,16,17). The van der Waals surface area contributed by atoms with Gasteiger partial charge in [0.05, 0.1) is 19.0 Å². The lowest BCUT2D eigenvalue weighted by atomic mass is 10.2. The lowest BCUT2D eigenvalue weighted by Gasteiger charge is -2.06. The molecule has 0 spiro atoms. The predicted molar refractivity (Wildman–Crippen MR) is 69.6 cm³/mol. The summed E-state index contributed by atoms with van der Waals surface area (Å²) in [5.74, 6) is 0.844. The molecule has 0 unspecified atom stereocenters. The number of nitrogens with two attached hydrogens (primary N) is 1. The molecule has 0 radical (unpaired) electrons. The zero-order valence-electron chi connectivity index (χ0n) is 9.88. The molecule has 1 amide bonds. The van der Waals surface area contributed by atoms with Crippen molar-refractivity contribution in [3.63, 3.8) is 0 Å². The second kappa shape index (κ2) is 5.18. The molecule has 5 heteroatoms. The van der Waals surface area contributed by atoms with E-state index in [0.29, 0.717) is 22.8 Å². The third kappa shape index (κ3) is 2.76. The second-order valence-electron chi connectivity index (χ2n) is 3.66. The van der Waals surface area contributed by atoms with Gasteiger partial charge < -0.3 is 15.8 Å². The smallest absolute Gasteiger partial charge is 0.256 e. The van der Waals surface area contributed by atoms with Gasteiger partial charge in [-0.2, -0.15) is 0 Å². The van der Waals surface area contributed by atoms with Crippen molar-refractivity contribution in [1.29, 1.82) is 0 Å². The zero-order valence-corrected chi connectivity index (χ0v) is 9.88. The Morgan fingerprint density at radius 2 is 2.17 bits per heavy atom. The topological polar surface area (TPSA) is 77.2 Å². The molecule has 18 heavy (non-hydrogen) atoms. The van der Waals surface area contributed by atoms with Crippen LogP contribution in [0.5, 0.6) is 5.75 Å². The summed E-state index contributed by atoms with van der Waals surface area (Å²) in [7, 11) is 1.55. The van der Waals surface area contributed by atoms with E-state index in [2.05, 4.69) is 10.3 Å². The number of anilines is 2. The highest BCUT2D eigenvalue weighted by molar-refractivity contribution is 6.04. The van der Waals surface area contributed by atoms with Gasteiger partial charge in [-0.05, 0) is 30.3 Å². The average molecular weight is 243 g/mol. The maximum atomic E-state index is 11.9. The van der Waals surface area contributed by atoms with E-state index in [9.17, 15) is 4.79 Å². The third-order valence-corrected chi connectivity index (χ3v) is 2.36. The normalized spacial score (nSPS) is 9.83. The summed E-state index contributed by atoms with van der Waals surface area (Å²) in [6, 6.07) is 10.2. The molecule has 0 fully saturated rings. The average Bonchev–Trinajstić information content (AvgIpc) is 2.41. The van der Waals surface area contributed by atoms with Gasteiger partial charge in [0.1, 0.15) is 11.6 Å². The summed E-state index contributed by atoms with van der Waals surface area (Å²) >= 11 is 0. The van der Waals surface area contributed by atoms with E-state index in [1.54, 1.807) is 43.5 Å². The first-order valence-electron chi connectivity index (χ1n) is 5.36. The van der Waals surface area contributed by atoms with Crippen LogP contribution in [0.15, 0.2) is 42.6 Å². The first-order valence-corrected chi connectivity index (χ1v) is 5.36. The van der Waals surface area contributed by atoms with Crippen molar-refractivity contribution in [1.82, 2.24) is 4.98 Å². The number of rotatable bonds is 3. The highest BCUT2D eigenvalue weighted by Gasteiger charge is 2.07. The SMILES string of the molecule is COc1cccc(C(=O)Nc2ccc(N)cn2)c1. The van der Waals surface area contributed by atoms with E-state index in [-0.39, 0.29) is 5.91 Å². The Kier molecular flexibility index (Phi) is 3.43. The highest BCUT2D eigenvalue weighted by atomic mass is 16.5. The summed E-state index contributed by atoms with van der Waals surface area (Å²) in [6.45, 7) is 0. The minimum Gasteiger partial charge on any atom is -0.497 e. The Hall–Kier alpha value is -2.56. The van der Waals surface area contributed by atoms with Crippen molar-refractivity contribution in [2.24, 2.45) is 0 Å². The summed E-state index contributed by atoms with van der Waals surface area (Å²) in [5.41, 5.74) is 6.57. The van der Waals surface area contributed by atoms with Gasteiger partial charge in [-0.25, -0.2) is 4.98 Å². The van der Waals surface area contributed by atoms with Crippen LogP contribution in [0, 0.1) is 0 Å². The molecule has 0 aliphatic carbocycles. The van der Waals surface area contributed by atoms with Crippen LogP contribution in [0.1, 0.15) is 10.4 Å². The van der Waals surface area contributed by atoms with Crippen LogP contribution in [0.3, 0.4) is 0 Å². The van der Waals surface area contributed by atoms with E-state index < -0.39 is 0 Å². The van der Waals surface area contributed by atoms with Crippen LogP contribution in [0.2, 0.25) is 0 Å². The van der Waals surface area contributed by atoms with Crippen LogP contribution >= 0.6 is 0 Å². The van der Waals surface area contributed by atoms with E-state index in [1.807, 2.05) is 0 Å². The summed E-state index contributed by atoms with van der Waals surface area (Å²) < 4.78 is 5.06. The molecule has 0 bridgehead atoms. The van der Waals surface area contributed by atoms with Gasteiger partial charge in [0.2, 0.25) is 0 Å². The summed E-state index contributed by atoms with van der Waals surface area (Å²) in [6.07, 6.45) is 1.49. The predicted octanol–water partition coefficient (Wildman–Crippen LogP) is 1.92. The fourth-order valence-electron chi connectivity index (χ4n) is 1.43. The largest absolute Gasteiger partial charge is 0.497 e. The molecule has 0 aliphatic heterocycles. The van der Waals surface area contributed by atoms with Crippen molar-refractivity contribution in [2.45, 2.75) is 0 Å². The molecule has 0 saturated heterocycles. The van der Waals surface area contributed by atoms with Gasteiger partial charge in [-0.1, -0.05) is 6.07 Å². The van der Waals surface area contributed by atoms with Crippen LogP contribution in [0.4, 0.5) is 11.5 Å². The van der Waals surface area contributed by atoms with Gasteiger partial charge >= 0.3 is 0 Å². The number of carbonyl (C=O) groups excluding carboxylic acids is 1. The van der Waals surface area contributed by atoms with Crippen LogP contribution in [-0.2, 0) is 0 Å². The molecule has 5 nitrogen and oxygen atoms in total. The number of pyridine rings is 1. The number of methoxy groups -OCH3 is 1. The first kappa shape index (κ1) is 11.9. The Balaban J connectivity index is 2.14. The van der Waals surface area contributed by atoms with Crippen molar-refractivity contribution in [3.8, 4) is 5.75 Å². The van der Waals surface area contributed by atoms with Crippen LogP contribution < -0.4 is 15.8 Å². The maximum Gasteiger partial charge on any atom is 0.256 e. The molecular weight excluding hydrogens is 230 g/mol. The van der Waals surface area contributed by atoms with Crippen molar-refractivity contribution >= 4 is 17.4 Å². The number of amides is 1. The quantitative estimate of drug-likeness (QED) is 0.863. The Morgan fingerprint density at radius 1 is 1.33 bits per heavy atom. The lowest BCUT2D eigenvalue weighted by Crippen LogP contribution is -2.12. The van der Waals surface area contributed by atoms with Crippen molar-refractivity contribution in [3.05, 3.63) is 48.2 Å². The van der Waals surface area contributed by atoms with Crippen LogP contribution in [-0.4, -0.2) is 18.0 Å². The Labute approximate surface area is 105 Å². The van der Waals surface area contributed by atoms with E-state index >= 15 is 0 Å². The van der Waals surface area contributed by atoms with Gasteiger partial charge in [0.15, 0.2) is 0 Å². The number of nitrogens with zero attached hydrogens (tertiary/aromatic N) is 1. The summed E-state index contributed by atoms with van der Waals surface area (Å²) in [4.78, 5) is 15.9. The molecule has 0 aliphatic rings. The number of aromatic nitrogens is 1. The molecule has 1 aromatic heterocycles. The number of hydrogen-bond acceptors (Lipinski definition) is 4. The molecule has 0 atom stereocenters. The maximum absolute atomic E-state index is 11.9. The number of hydrogen-bond donors (Lipinski definition) is 2. The van der Waals surface area contributed by atoms with E-state index in [1.165, 1.54) is 6.20 Å². The Morgan fingerprint density at radius 3 is 2.83 bits per heavy atom. The zero-order chi connectivity index (χ0) is 13.0. The number of ether oxygens (including phenoxy) is 1. The van der Waals surface area contributed by atoms with Gasteiger partial charge in [0.25, 0.3) is 5.91 Å². The molecule has 1 heterocycles. The third-order valence-electron chi connectivity index (χ3n) is 2.36. The lowest BCUT2D eigenvalue weighted by molar-refractivity contribution is 0.102. The van der Waals surface area contributed by atoms with Gasteiger partial charge in [-0.15, -0.1) is 0 Å². The molecule has 1 aromatic carbocycles. The first-order chi connectivity index (χ1) is 8.69. The van der Waals surface area contributed by atoms with Crippen molar-refractivity contribution < 1.29 is 9.53 Å². The second-order valence-corrected chi connectivity index (χ2v) is 3.66.